The van der Waals surface area contributed by atoms with E-state index in [-0.39, 0.29) is 5.91 Å². The molecule has 2 heterocycles. The maximum atomic E-state index is 13.2. The van der Waals surface area contributed by atoms with Crippen molar-refractivity contribution in [2.75, 3.05) is 38.1 Å². The van der Waals surface area contributed by atoms with Crippen LogP contribution in [0.3, 0.4) is 0 Å². The monoisotopic (exact) mass is 378 g/mol. The van der Waals surface area contributed by atoms with Gasteiger partial charge in [0.2, 0.25) is 0 Å². The average Bonchev–Trinajstić information content (AvgIpc) is 3.28. The van der Waals surface area contributed by atoms with Gasteiger partial charge in [-0.25, -0.2) is 4.98 Å². The van der Waals surface area contributed by atoms with Crippen LogP contribution in [0.15, 0.2) is 48.7 Å². The van der Waals surface area contributed by atoms with Gasteiger partial charge in [-0.3, -0.25) is 4.79 Å². The quantitative estimate of drug-likeness (QED) is 0.799. The summed E-state index contributed by atoms with van der Waals surface area (Å²) in [6.45, 7) is 4.82. The van der Waals surface area contributed by atoms with Gasteiger partial charge in [-0.15, -0.1) is 0 Å². The molecule has 0 unspecified atom stereocenters. The molecule has 28 heavy (non-hydrogen) atoms. The zero-order valence-electron chi connectivity index (χ0n) is 16.8. The predicted molar refractivity (Wildman–Crippen MR) is 113 cm³/mol. The highest BCUT2D eigenvalue weighted by molar-refractivity contribution is 5.94. The van der Waals surface area contributed by atoms with Crippen LogP contribution in [0, 0.1) is 0 Å². The molecule has 2 aliphatic rings. The molecule has 1 aromatic carbocycles. The second kappa shape index (κ2) is 8.74. The lowest BCUT2D eigenvalue weighted by atomic mass is 10.1. The number of rotatable bonds is 5. The van der Waals surface area contributed by atoms with E-state index in [2.05, 4.69) is 33.9 Å². The zero-order valence-corrected chi connectivity index (χ0v) is 16.8. The Balaban J connectivity index is 1.48. The minimum atomic E-state index is 0.135. The molecule has 1 saturated heterocycles. The largest absolute Gasteiger partial charge is 0.354 e. The van der Waals surface area contributed by atoms with E-state index < -0.39 is 0 Å². The van der Waals surface area contributed by atoms with Crippen LogP contribution in [0.2, 0.25) is 0 Å². The summed E-state index contributed by atoms with van der Waals surface area (Å²) in [5.74, 6) is 1.18. The summed E-state index contributed by atoms with van der Waals surface area (Å²) in [6.07, 6.45) is 6.58. The van der Waals surface area contributed by atoms with Gasteiger partial charge >= 0.3 is 0 Å². The van der Waals surface area contributed by atoms with Gasteiger partial charge in [-0.05, 0) is 43.7 Å². The minimum absolute atomic E-state index is 0.135. The maximum Gasteiger partial charge on any atom is 0.254 e. The summed E-state index contributed by atoms with van der Waals surface area (Å²) in [4.78, 5) is 24.6. The Bertz CT molecular complexity index is 763. The summed E-state index contributed by atoms with van der Waals surface area (Å²) in [5, 5.41) is 0. The van der Waals surface area contributed by atoms with E-state index in [1.54, 1.807) is 0 Å². The molecular formula is C23H30N4O. The number of hydrogen-bond donors (Lipinski definition) is 0. The Kier molecular flexibility index (Phi) is 5.91. The lowest BCUT2D eigenvalue weighted by Gasteiger charge is -2.33. The smallest absolute Gasteiger partial charge is 0.254 e. The fraction of sp³-hybridized carbons (Fsp3) is 0.478. The van der Waals surface area contributed by atoms with E-state index in [0.717, 1.165) is 56.0 Å². The molecule has 0 radical (unpaired) electrons. The molecule has 0 spiro atoms. The second-order valence-corrected chi connectivity index (χ2v) is 8.05. The maximum absolute atomic E-state index is 13.2. The number of anilines is 1. The van der Waals surface area contributed by atoms with E-state index in [1.807, 2.05) is 36.5 Å². The van der Waals surface area contributed by atoms with E-state index >= 15 is 0 Å². The van der Waals surface area contributed by atoms with Crippen molar-refractivity contribution in [2.45, 2.75) is 38.3 Å². The van der Waals surface area contributed by atoms with Gasteiger partial charge in [0.05, 0.1) is 0 Å². The van der Waals surface area contributed by atoms with Crippen LogP contribution in [0.4, 0.5) is 5.82 Å². The number of likely N-dealkylation sites (N-methyl/N-ethyl adjacent to an activating group) is 1. The lowest BCUT2D eigenvalue weighted by molar-refractivity contribution is 0.0664. The van der Waals surface area contributed by atoms with Crippen molar-refractivity contribution < 1.29 is 4.79 Å². The fourth-order valence-electron chi connectivity index (χ4n) is 4.26. The Hall–Kier alpha value is -2.40. The number of aromatic nitrogens is 1. The van der Waals surface area contributed by atoms with Crippen LogP contribution in [0.5, 0.6) is 0 Å². The molecule has 0 bridgehead atoms. The van der Waals surface area contributed by atoms with Crippen molar-refractivity contribution in [1.29, 1.82) is 0 Å². The fourth-order valence-corrected chi connectivity index (χ4v) is 4.26. The molecule has 1 aliphatic heterocycles. The molecule has 1 aromatic heterocycles. The normalized spacial score (nSPS) is 18.4. The van der Waals surface area contributed by atoms with E-state index in [1.165, 1.54) is 12.8 Å². The van der Waals surface area contributed by atoms with Crippen LogP contribution in [0.1, 0.15) is 41.6 Å². The summed E-state index contributed by atoms with van der Waals surface area (Å²) >= 11 is 0. The van der Waals surface area contributed by atoms with E-state index in [4.69, 9.17) is 4.98 Å². The minimum Gasteiger partial charge on any atom is -0.354 e. The van der Waals surface area contributed by atoms with Gasteiger partial charge in [-0.2, -0.15) is 0 Å². The Morgan fingerprint density at radius 3 is 2.39 bits per heavy atom. The Labute approximate surface area is 168 Å². The van der Waals surface area contributed by atoms with Crippen molar-refractivity contribution in [3.8, 4) is 0 Å². The van der Waals surface area contributed by atoms with E-state index in [0.29, 0.717) is 12.6 Å². The molecule has 4 rings (SSSR count). The third kappa shape index (κ3) is 4.36. The number of amides is 1. The third-order valence-corrected chi connectivity index (χ3v) is 6.04. The first-order chi connectivity index (χ1) is 13.7. The number of carbonyl (C=O) groups excluding carboxylic acids is 1. The van der Waals surface area contributed by atoms with Gasteiger partial charge < -0.3 is 14.7 Å². The van der Waals surface area contributed by atoms with Gasteiger partial charge in [0, 0.05) is 50.5 Å². The number of piperazine rings is 1. The third-order valence-electron chi connectivity index (χ3n) is 6.04. The topological polar surface area (TPSA) is 39.7 Å². The first kappa shape index (κ1) is 18.9. The van der Waals surface area contributed by atoms with Crippen LogP contribution in [-0.4, -0.2) is 60.0 Å². The van der Waals surface area contributed by atoms with E-state index in [9.17, 15) is 4.79 Å². The highest BCUT2D eigenvalue weighted by Gasteiger charge is 2.27. The number of nitrogens with zero attached hydrogens (tertiary/aromatic N) is 4. The van der Waals surface area contributed by atoms with Crippen LogP contribution >= 0.6 is 0 Å². The van der Waals surface area contributed by atoms with Crippen LogP contribution < -0.4 is 4.90 Å². The van der Waals surface area contributed by atoms with Crippen LogP contribution in [0.25, 0.3) is 0 Å². The standard InChI is InChI=1S/C23H30N4O/c1-25-13-15-26(16-14-25)22-12-11-19(17-24-22)18-27(21-9-5-6-10-21)23(28)20-7-3-2-4-8-20/h2-4,7-8,11-12,17,21H,5-6,9-10,13-16,18H2,1H3. The zero-order chi connectivity index (χ0) is 19.3. The Morgan fingerprint density at radius 1 is 1.04 bits per heavy atom. The van der Waals surface area contributed by atoms with Crippen molar-refractivity contribution in [3.05, 3.63) is 59.8 Å². The molecule has 2 aromatic rings. The molecule has 0 atom stereocenters. The number of pyridine rings is 1. The molecular weight excluding hydrogens is 348 g/mol. The van der Waals surface area contributed by atoms with Crippen molar-refractivity contribution >= 4 is 11.7 Å². The number of benzene rings is 1. The number of carbonyl (C=O) groups is 1. The van der Waals surface area contributed by atoms with Gasteiger partial charge in [0.1, 0.15) is 5.82 Å². The summed E-state index contributed by atoms with van der Waals surface area (Å²) in [5.41, 5.74) is 1.88. The first-order valence-electron chi connectivity index (χ1n) is 10.4. The van der Waals surface area contributed by atoms with Crippen LogP contribution in [-0.2, 0) is 6.54 Å². The molecule has 5 heteroatoms. The second-order valence-electron chi connectivity index (χ2n) is 8.05. The summed E-state index contributed by atoms with van der Waals surface area (Å²) < 4.78 is 0. The van der Waals surface area contributed by atoms with Gasteiger partial charge in [-0.1, -0.05) is 37.1 Å². The highest BCUT2D eigenvalue weighted by atomic mass is 16.2. The molecule has 0 N–H and O–H groups in total. The molecule has 1 saturated carbocycles. The summed E-state index contributed by atoms with van der Waals surface area (Å²) in [7, 11) is 2.16. The molecule has 5 nitrogen and oxygen atoms in total. The predicted octanol–water partition coefficient (Wildman–Crippen LogP) is 3.42. The van der Waals surface area contributed by atoms with Gasteiger partial charge in [0.25, 0.3) is 5.91 Å². The first-order valence-corrected chi connectivity index (χ1v) is 10.4. The Morgan fingerprint density at radius 2 is 1.75 bits per heavy atom. The summed E-state index contributed by atoms with van der Waals surface area (Å²) in [6, 6.07) is 14.3. The number of hydrogen-bond acceptors (Lipinski definition) is 4. The molecule has 1 amide bonds. The molecule has 2 fully saturated rings. The highest BCUT2D eigenvalue weighted by Crippen LogP contribution is 2.27. The molecule has 1 aliphatic carbocycles. The lowest BCUT2D eigenvalue weighted by Crippen LogP contribution is -2.44. The van der Waals surface area contributed by atoms with Gasteiger partial charge in [0.15, 0.2) is 0 Å². The average molecular weight is 379 g/mol. The van der Waals surface area contributed by atoms with Crippen molar-refractivity contribution in [1.82, 2.24) is 14.8 Å². The van der Waals surface area contributed by atoms with Crippen molar-refractivity contribution in [3.63, 3.8) is 0 Å². The molecule has 148 valence electrons. The SMILES string of the molecule is CN1CCN(c2ccc(CN(C(=O)c3ccccc3)C3CCCC3)cn2)CC1. The van der Waals surface area contributed by atoms with Crippen molar-refractivity contribution in [2.24, 2.45) is 0 Å².